The number of carbonyl (C=O) groups is 1. The first kappa shape index (κ1) is 13.3. The second-order valence-electron chi connectivity index (χ2n) is 5.72. The average molecular weight is 244 g/mol. The van der Waals surface area contributed by atoms with Crippen molar-refractivity contribution in [3.8, 4) is 0 Å². The molecule has 1 aliphatic rings. The van der Waals surface area contributed by atoms with Crippen LogP contribution < -0.4 is 0 Å². The second-order valence-corrected chi connectivity index (χ2v) is 5.72. The molecule has 0 saturated heterocycles. The van der Waals surface area contributed by atoms with Gasteiger partial charge in [-0.05, 0) is 23.8 Å². The third-order valence-corrected chi connectivity index (χ3v) is 4.21. The SMILES string of the molecule is CCC(C)C(C(=O)CCC1CC1)c1ccccc1. The molecule has 98 valence electrons. The lowest BCUT2D eigenvalue weighted by Gasteiger charge is -2.22. The van der Waals surface area contributed by atoms with Crippen LogP contribution in [0.3, 0.4) is 0 Å². The van der Waals surface area contributed by atoms with Gasteiger partial charge < -0.3 is 0 Å². The lowest BCUT2D eigenvalue weighted by Crippen LogP contribution is -2.19. The average Bonchev–Trinajstić information content (AvgIpc) is 3.21. The van der Waals surface area contributed by atoms with Crippen molar-refractivity contribution in [3.05, 3.63) is 35.9 Å². The van der Waals surface area contributed by atoms with Crippen LogP contribution in [0.5, 0.6) is 0 Å². The lowest BCUT2D eigenvalue weighted by molar-refractivity contribution is -0.121. The van der Waals surface area contributed by atoms with Gasteiger partial charge in [0.25, 0.3) is 0 Å². The summed E-state index contributed by atoms with van der Waals surface area (Å²) < 4.78 is 0. The highest BCUT2D eigenvalue weighted by Crippen LogP contribution is 2.36. The van der Waals surface area contributed by atoms with Gasteiger partial charge in [-0.15, -0.1) is 0 Å². The summed E-state index contributed by atoms with van der Waals surface area (Å²) in [7, 11) is 0. The molecule has 0 radical (unpaired) electrons. The molecule has 0 N–H and O–H groups in total. The van der Waals surface area contributed by atoms with Crippen LogP contribution in [-0.4, -0.2) is 5.78 Å². The van der Waals surface area contributed by atoms with Crippen LogP contribution in [0.15, 0.2) is 30.3 Å². The fourth-order valence-corrected chi connectivity index (χ4v) is 2.64. The molecule has 0 bridgehead atoms. The van der Waals surface area contributed by atoms with E-state index in [1.54, 1.807) is 0 Å². The summed E-state index contributed by atoms with van der Waals surface area (Å²) in [6, 6.07) is 10.3. The van der Waals surface area contributed by atoms with E-state index < -0.39 is 0 Å². The van der Waals surface area contributed by atoms with E-state index in [4.69, 9.17) is 0 Å². The molecule has 2 atom stereocenters. The van der Waals surface area contributed by atoms with Gasteiger partial charge in [-0.3, -0.25) is 4.79 Å². The quantitative estimate of drug-likeness (QED) is 0.686. The summed E-state index contributed by atoms with van der Waals surface area (Å²) in [5.41, 5.74) is 1.20. The minimum absolute atomic E-state index is 0.106. The summed E-state index contributed by atoms with van der Waals surface area (Å²) in [5, 5.41) is 0. The van der Waals surface area contributed by atoms with E-state index in [0.717, 1.165) is 25.2 Å². The Balaban J connectivity index is 2.06. The summed E-state index contributed by atoms with van der Waals surface area (Å²) >= 11 is 0. The maximum Gasteiger partial charge on any atom is 0.140 e. The number of hydrogen-bond donors (Lipinski definition) is 0. The Morgan fingerprint density at radius 1 is 1.28 bits per heavy atom. The van der Waals surface area contributed by atoms with E-state index in [0.29, 0.717) is 11.7 Å². The molecule has 0 aromatic heterocycles. The maximum absolute atomic E-state index is 12.5. The molecular formula is C17H24O. The normalized spacial score (nSPS) is 18.3. The van der Waals surface area contributed by atoms with Crippen LogP contribution in [0.25, 0.3) is 0 Å². The topological polar surface area (TPSA) is 17.1 Å². The Morgan fingerprint density at radius 3 is 2.50 bits per heavy atom. The standard InChI is InChI=1S/C17H24O/c1-3-13(2)17(15-7-5-4-6-8-15)16(18)12-11-14-9-10-14/h4-8,13-14,17H,3,9-12H2,1-2H3. The van der Waals surface area contributed by atoms with Crippen molar-refractivity contribution in [1.82, 2.24) is 0 Å². The third kappa shape index (κ3) is 3.44. The number of ketones is 1. The molecule has 1 fully saturated rings. The molecule has 2 rings (SSSR count). The molecule has 1 aromatic rings. The van der Waals surface area contributed by atoms with Crippen LogP contribution in [-0.2, 0) is 4.79 Å². The van der Waals surface area contributed by atoms with Gasteiger partial charge in [0, 0.05) is 12.3 Å². The Hall–Kier alpha value is -1.11. The van der Waals surface area contributed by atoms with Gasteiger partial charge in [0.1, 0.15) is 5.78 Å². The summed E-state index contributed by atoms with van der Waals surface area (Å²) in [6.45, 7) is 4.38. The van der Waals surface area contributed by atoms with Crippen molar-refractivity contribution in [2.45, 2.75) is 51.9 Å². The zero-order valence-corrected chi connectivity index (χ0v) is 11.6. The monoisotopic (exact) mass is 244 g/mol. The van der Waals surface area contributed by atoms with E-state index in [1.165, 1.54) is 18.4 Å². The largest absolute Gasteiger partial charge is 0.299 e. The molecule has 0 amide bonds. The fourth-order valence-electron chi connectivity index (χ4n) is 2.64. The van der Waals surface area contributed by atoms with Crippen LogP contribution in [0.2, 0.25) is 0 Å². The van der Waals surface area contributed by atoms with E-state index in [1.807, 2.05) is 18.2 Å². The molecule has 2 unspecified atom stereocenters. The number of Topliss-reactive ketones (excluding diaryl/α,β-unsaturated/α-hetero) is 1. The van der Waals surface area contributed by atoms with Gasteiger partial charge in [-0.2, -0.15) is 0 Å². The molecule has 1 heteroatoms. The predicted molar refractivity (Wildman–Crippen MR) is 75.6 cm³/mol. The first-order valence-electron chi connectivity index (χ1n) is 7.30. The minimum Gasteiger partial charge on any atom is -0.299 e. The van der Waals surface area contributed by atoms with Gasteiger partial charge in [0.05, 0.1) is 0 Å². The maximum atomic E-state index is 12.5. The van der Waals surface area contributed by atoms with Gasteiger partial charge in [-0.1, -0.05) is 63.4 Å². The molecule has 0 aliphatic heterocycles. The smallest absolute Gasteiger partial charge is 0.140 e. The molecule has 0 heterocycles. The van der Waals surface area contributed by atoms with E-state index in [-0.39, 0.29) is 5.92 Å². The Kier molecular flexibility index (Phi) is 4.57. The second kappa shape index (κ2) is 6.17. The Labute approximate surface area is 111 Å². The van der Waals surface area contributed by atoms with E-state index in [2.05, 4.69) is 26.0 Å². The van der Waals surface area contributed by atoms with Crippen molar-refractivity contribution >= 4 is 5.78 Å². The minimum atomic E-state index is 0.106. The van der Waals surface area contributed by atoms with Gasteiger partial charge in [0.15, 0.2) is 0 Å². The van der Waals surface area contributed by atoms with Crippen LogP contribution in [0, 0.1) is 11.8 Å². The van der Waals surface area contributed by atoms with Crippen molar-refractivity contribution < 1.29 is 4.79 Å². The van der Waals surface area contributed by atoms with E-state index in [9.17, 15) is 4.79 Å². The van der Waals surface area contributed by atoms with Gasteiger partial charge >= 0.3 is 0 Å². The summed E-state index contributed by atoms with van der Waals surface area (Å²) in [4.78, 5) is 12.5. The van der Waals surface area contributed by atoms with Crippen LogP contribution in [0.4, 0.5) is 0 Å². The summed E-state index contributed by atoms with van der Waals surface area (Å²) in [5.74, 6) is 1.85. The van der Waals surface area contributed by atoms with E-state index >= 15 is 0 Å². The zero-order valence-electron chi connectivity index (χ0n) is 11.6. The molecule has 1 aliphatic carbocycles. The van der Waals surface area contributed by atoms with Crippen molar-refractivity contribution in [2.75, 3.05) is 0 Å². The highest BCUT2D eigenvalue weighted by molar-refractivity contribution is 5.86. The highest BCUT2D eigenvalue weighted by Gasteiger charge is 2.28. The first-order valence-corrected chi connectivity index (χ1v) is 7.30. The number of benzene rings is 1. The molecule has 18 heavy (non-hydrogen) atoms. The van der Waals surface area contributed by atoms with Gasteiger partial charge in [0.2, 0.25) is 0 Å². The fraction of sp³-hybridized carbons (Fsp3) is 0.588. The number of rotatable bonds is 7. The lowest BCUT2D eigenvalue weighted by atomic mass is 9.81. The Bertz CT molecular complexity index is 378. The molecular weight excluding hydrogens is 220 g/mol. The third-order valence-electron chi connectivity index (χ3n) is 4.21. The number of hydrogen-bond acceptors (Lipinski definition) is 1. The zero-order chi connectivity index (χ0) is 13.0. The molecule has 1 aromatic carbocycles. The van der Waals surface area contributed by atoms with Gasteiger partial charge in [-0.25, -0.2) is 0 Å². The highest BCUT2D eigenvalue weighted by atomic mass is 16.1. The predicted octanol–water partition coefficient (Wildman–Crippen LogP) is 4.58. The van der Waals surface area contributed by atoms with Crippen molar-refractivity contribution in [1.29, 1.82) is 0 Å². The van der Waals surface area contributed by atoms with Crippen LogP contribution in [0.1, 0.15) is 57.4 Å². The molecule has 0 spiro atoms. The molecule has 1 nitrogen and oxygen atoms in total. The number of carbonyl (C=O) groups excluding carboxylic acids is 1. The molecule has 1 saturated carbocycles. The van der Waals surface area contributed by atoms with Crippen molar-refractivity contribution in [3.63, 3.8) is 0 Å². The first-order chi connectivity index (χ1) is 8.72. The van der Waals surface area contributed by atoms with Crippen LogP contribution >= 0.6 is 0 Å². The van der Waals surface area contributed by atoms with Crippen molar-refractivity contribution in [2.24, 2.45) is 11.8 Å². The summed E-state index contributed by atoms with van der Waals surface area (Å²) in [6.07, 6.45) is 5.63. The Morgan fingerprint density at radius 2 is 1.94 bits per heavy atom.